The zero-order valence-corrected chi connectivity index (χ0v) is 19.2. The van der Waals surface area contributed by atoms with Crippen LogP contribution in [0.25, 0.3) is 15.9 Å². The number of benzene rings is 1. The largest absolute Gasteiger partial charge is 0.478 e. The molecule has 1 aliphatic heterocycles. The van der Waals surface area contributed by atoms with Crippen molar-refractivity contribution in [1.82, 2.24) is 14.5 Å². The van der Waals surface area contributed by atoms with Gasteiger partial charge in [-0.2, -0.15) is 5.26 Å². The zero-order chi connectivity index (χ0) is 24.6. The van der Waals surface area contributed by atoms with Crippen molar-refractivity contribution in [2.75, 3.05) is 24.5 Å². The quantitative estimate of drug-likeness (QED) is 0.600. The molecule has 3 aromatic rings. The van der Waals surface area contributed by atoms with E-state index in [1.165, 1.54) is 4.57 Å². The van der Waals surface area contributed by atoms with Crippen molar-refractivity contribution in [3.63, 3.8) is 0 Å². The second kappa shape index (κ2) is 8.97. The lowest BCUT2D eigenvalue weighted by Crippen LogP contribution is -2.53. The summed E-state index contributed by atoms with van der Waals surface area (Å²) < 4.78 is 1.40. The molecule has 3 heterocycles. The summed E-state index contributed by atoms with van der Waals surface area (Å²) in [6.07, 6.45) is 0. The first-order valence-corrected chi connectivity index (χ1v) is 10.9. The van der Waals surface area contributed by atoms with E-state index >= 15 is 0 Å². The van der Waals surface area contributed by atoms with Crippen molar-refractivity contribution < 1.29 is 9.90 Å². The van der Waals surface area contributed by atoms with Gasteiger partial charge in [-0.15, -0.1) is 4.98 Å². The second-order valence-electron chi connectivity index (χ2n) is 8.48. The van der Waals surface area contributed by atoms with Gasteiger partial charge in [-0.25, -0.2) is 4.79 Å². The van der Waals surface area contributed by atoms with Crippen LogP contribution in [0.2, 0.25) is 0 Å². The van der Waals surface area contributed by atoms with Crippen molar-refractivity contribution in [2.24, 2.45) is 7.05 Å². The molecule has 9 heteroatoms. The highest BCUT2D eigenvalue weighted by Crippen LogP contribution is 2.32. The molecule has 0 saturated carbocycles. The van der Waals surface area contributed by atoms with Gasteiger partial charge in [-0.3, -0.25) is 9.69 Å². The van der Waals surface area contributed by atoms with E-state index in [2.05, 4.69) is 34.6 Å². The number of piperazine rings is 1. The molecule has 1 fully saturated rings. The van der Waals surface area contributed by atoms with E-state index in [-0.39, 0.29) is 34.6 Å². The van der Waals surface area contributed by atoms with Crippen LogP contribution in [0.4, 0.5) is 11.5 Å². The smallest absolute Gasteiger partial charge is 0.335 e. The third-order valence-corrected chi connectivity index (χ3v) is 6.56. The monoisotopic (exact) mass is 456 g/mol. The van der Waals surface area contributed by atoms with E-state index in [4.69, 9.17) is 11.7 Å². The van der Waals surface area contributed by atoms with Gasteiger partial charge in [-0.1, -0.05) is 18.7 Å². The molecule has 172 valence electrons. The molecule has 1 aromatic carbocycles. The lowest BCUT2D eigenvalue weighted by molar-refractivity contribution is 0.0696. The Kier molecular flexibility index (Phi) is 6.06. The fraction of sp³-hybridized carbons (Fsp3) is 0.320. The Balaban J connectivity index is 1.68. The van der Waals surface area contributed by atoms with Gasteiger partial charge in [-0.05, 0) is 43.7 Å². The number of anilines is 1. The molecule has 2 aromatic heterocycles. The molecule has 0 amide bonds. The van der Waals surface area contributed by atoms with Gasteiger partial charge in [0.15, 0.2) is 0 Å². The molecular weight excluding hydrogens is 432 g/mol. The van der Waals surface area contributed by atoms with E-state index in [0.717, 1.165) is 5.56 Å². The van der Waals surface area contributed by atoms with Gasteiger partial charge in [0.1, 0.15) is 17.3 Å². The summed E-state index contributed by atoms with van der Waals surface area (Å²) in [6.45, 7) is 13.3. The van der Waals surface area contributed by atoms with Gasteiger partial charge < -0.3 is 19.4 Å². The van der Waals surface area contributed by atoms with Crippen LogP contribution in [0.3, 0.4) is 0 Å². The molecule has 1 N–H and O–H groups in total. The zero-order valence-electron chi connectivity index (χ0n) is 19.2. The maximum Gasteiger partial charge on any atom is 0.335 e. The number of carboxylic acids is 1. The van der Waals surface area contributed by atoms with Crippen LogP contribution in [-0.2, 0) is 7.05 Å². The molecule has 2 atom stereocenters. The summed E-state index contributed by atoms with van der Waals surface area (Å²) in [5.41, 5.74) is 2.45. The molecule has 0 spiro atoms. The minimum absolute atomic E-state index is 0.0302. The summed E-state index contributed by atoms with van der Waals surface area (Å²) >= 11 is 0. The van der Waals surface area contributed by atoms with Crippen molar-refractivity contribution >= 4 is 28.5 Å². The van der Waals surface area contributed by atoms with Crippen molar-refractivity contribution in [1.29, 1.82) is 5.26 Å². The second-order valence-corrected chi connectivity index (χ2v) is 8.48. The van der Waals surface area contributed by atoms with Crippen molar-refractivity contribution in [2.45, 2.75) is 25.9 Å². The Morgan fingerprint density at radius 2 is 1.97 bits per heavy atom. The highest BCUT2D eigenvalue weighted by Gasteiger charge is 2.32. The third-order valence-electron chi connectivity index (χ3n) is 6.56. The first-order valence-electron chi connectivity index (χ1n) is 10.9. The van der Waals surface area contributed by atoms with E-state index in [0.29, 0.717) is 36.4 Å². The third kappa shape index (κ3) is 3.87. The van der Waals surface area contributed by atoms with Crippen molar-refractivity contribution in [3.05, 3.63) is 74.9 Å². The summed E-state index contributed by atoms with van der Waals surface area (Å²) in [4.78, 5) is 36.3. The number of nitriles is 1. The topological polar surface area (TPSA) is 107 Å². The number of carboxylic acid groups (broad SMARTS) is 1. The van der Waals surface area contributed by atoms with Gasteiger partial charge in [0.25, 0.3) is 11.4 Å². The first kappa shape index (κ1) is 23.0. The van der Waals surface area contributed by atoms with Crippen LogP contribution in [0.1, 0.15) is 41.4 Å². The number of hydrogen-bond donors (Lipinski definition) is 1. The Morgan fingerprint density at radius 1 is 1.26 bits per heavy atom. The number of aromatic nitrogens is 2. The number of rotatable bonds is 4. The predicted octanol–water partition coefficient (Wildman–Crippen LogP) is 3.33. The van der Waals surface area contributed by atoms with Gasteiger partial charge >= 0.3 is 5.97 Å². The number of aromatic carboxylic acids is 1. The molecule has 0 bridgehead atoms. The number of hydrogen-bond acceptors (Lipinski definition) is 6. The van der Waals surface area contributed by atoms with Crippen LogP contribution < -0.4 is 10.5 Å². The Morgan fingerprint density at radius 3 is 2.56 bits per heavy atom. The highest BCUT2D eigenvalue weighted by molar-refractivity contribution is 5.92. The molecule has 1 unspecified atom stereocenters. The summed E-state index contributed by atoms with van der Waals surface area (Å²) in [5.74, 6) is -0.743. The molecule has 4 rings (SSSR count). The number of carbonyl (C=O) groups is 1. The van der Waals surface area contributed by atoms with Gasteiger partial charge in [0, 0.05) is 38.8 Å². The standard InChI is InChI=1S/C25H24N6O3/c1-15-14-30(11-12-31(15)16(2)17-5-7-18(8-6-17)25(33)34)23-19(13-26)24(32)29(4)20-9-10-21(27-3)28-22(20)23/h5-10,15-16H,11-12,14H2,1-2,4H3,(H,33,34)/t15-,16?/m1/s1. The van der Waals surface area contributed by atoms with Gasteiger partial charge in [0.05, 0.1) is 11.1 Å². The average molecular weight is 457 g/mol. The van der Waals surface area contributed by atoms with Crippen LogP contribution in [0.5, 0.6) is 0 Å². The molecule has 0 radical (unpaired) electrons. The lowest BCUT2D eigenvalue weighted by atomic mass is 10.0. The Bertz CT molecular complexity index is 1410. The number of aryl methyl sites for hydroxylation is 1. The summed E-state index contributed by atoms with van der Waals surface area (Å²) in [7, 11) is 1.60. The van der Waals surface area contributed by atoms with Crippen molar-refractivity contribution in [3.8, 4) is 6.07 Å². The molecule has 1 saturated heterocycles. The fourth-order valence-corrected chi connectivity index (χ4v) is 4.70. The van der Waals surface area contributed by atoms with E-state index in [9.17, 15) is 14.9 Å². The fourth-order valence-electron chi connectivity index (χ4n) is 4.70. The van der Waals surface area contributed by atoms with Gasteiger partial charge in [0.2, 0.25) is 5.52 Å². The highest BCUT2D eigenvalue weighted by atomic mass is 16.4. The average Bonchev–Trinajstić information content (AvgIpc) is 2.85. The molecule has 0 aliphatic carbocycles. The molecule has 34 heavy (non-hydrogen) atoms. The first-order chi connectivity index (χ1) is 16.3. The number of fused-ring (bicyclic) bond motifs is 1. The lowest BCUT2D eigenvalue weighted by Gasteiger charge is -2.44. The van der Waals surface area contributed by atoms with E-state index < -0.39 is 5.97 Å². The normalized spacial score (nSPS) is 17.2. The van der Waals surface area contributed by atoms with E-state index in [1.807, 2.05) is 17.0 Å². The number of nitrogens with zero attached hydrogens (tertiary/aromatic N) is 6. The SMILES string of the molecule is [C-]#[N+]c1ccc2c(n1)c(N1CCN(C(C)c3ccc(C(=O)O)cc3)[C@H](C)C1)c(C#N)c(=O)n2C. The molecule has 1 aliphatic rings. The van der Waals surface area contributed by atoms with Crippen LogP contribution in [0, 0.1) is 17.9 Å². The minimum Gasteiger partial charge on any atom is -0.478 e. The minimum atomic E-state index is -0.953. The van der Waals surface area contributed by atoms with Crippen LogP contribution >= 0.6 is 0 Å². The number of pyridine rings is 2. The maximum atomic E-state index is 12.9. The van der Waals surface area contributed by atoms with E-state index in [1.54, 1.807) is 31.3 Å². The van der Waals surface area contributed by atoms with Crippen LogP contribution in [-0.4, -0.2) is 51.2 Å². The summed E-state index contributed by atoms with van der Waals surface area (Å²) in [6, 6.07) is 12.4. The molecular formula is C25H24N6O3. The Hall–Kier alpha value is -4.21. The maximum absolute atomic E-state index is 12.9. The van der Waals surface area contributed by atoms with Crippen LogP contribution in [0.15, 0.2) is 41.2 Å². The summed E-state index contributed by atoms with van der Waals surface area (Å²) in [5, 5.41) is 19.0. The predicted molar refractivity (Wildman–Crippen MR) is 128 cm³/mol. The molecule has 9 nitrogen and oxygen atoms in total. The Labute approximate surface area is 196 Å².